The number of anilines is 2. The van der Waals surface area contributed by atoms with Crippen LogP contribution in [0.1, 0.15) is 30.1 Å². The van der Waals surface area contributed by atoms with Crippen LogP contribution in [0.5, 0.6) is 0 Å². The van der Waals surface area contributed by atoms with Gasteiger partial charge >= 0.3 is 5.97 Å². The Bertz CT molecular complexity index is 532. The van der Waals surface area contributed by atoms with Crippen molar-refractivity contribution in [2.45, 2.75) is 31.8 Å². The molecule has 2 heterocycles. The minimum absolute atomic E-state index is 0.249. The number of nitrogens with two attached hydrogens (primary N) is 1. The molecule has 2 saturated heterocycles. The van der Waals surface area contributed by atoms with Crippen molar-refractivity contribution in [1.82, 2.24) is 4.90 Å². The second-order valence-electron chi connectivity index (χ2n) is 5.87. The van der Waals surface area contributed by atoms with Crippen molar-refractivity contribution in [2.75, 3.05) is 30.3 Å². The van der Waals surface area contributed by atoms with Crippen LogP contribution in [0.15, 0.2) is 18.2 Å². The van der Waals surface area contributed by atoms with Crippen molar-refractivity contribution in [1.29, 1.82) is 0 Å². The molecule has 2 unspecified atom stereocenters. The molecule has 1 aromatic rings. The Morgan fingerprint density at radius 3 is 2.90 bits per heavy atom. The van der Waals surface area contributed by atoms with E-state index in [1.54, 1.807) is 12.1 Å². The maximum absolute atomic E-state index is 11.0. The van der Waals surface area contributed by atoms with Gasteiger partial charge in [-0.1, -0.05) is 0 Å². The summed E-state index contributed by atoms with van der Waals surface area (Å²) in [5, 5.41) is 9.01. The van der Waals surface area contributed by atoms with Gasteiger partial charge in [-0.25, -0.2) is 4.79 Å². The van der Waals surface area contributed by atoms with Gasteiger partial charge in [0.15, 0.2) is 0 Å². The maximum atomic E-state index is 11.0. The number of piperazine rings is 1. The van der Waals surface area contributed by atoms with Crippen molar-refractivity contribution in [3.05, 3.63) is 23.8 Å². The number of nitrogen functional groups attached to an aromatic ring is 1. The molecule has 2 fully saturated rings. The molecule has 2 aliphatic rings. The van der Waals surface area contributed by atoms with Crippen LogP contribution < -0.4 is 10.6 Å². The summed E-state index contributed by atoms with van der Waals surface area (Å²) in [5.41, 5.74) is 7.84. The number of nitrogens with zero attached hydrogens (tertiary/aromatic N) is 2. The maximum Gasteiger partial charge on any atom is 0.335 e. The van der Waals surface area contributed by atoms with E-state index in [4.69, 9.17) is 10.8 Å². The van der Waals surface area contributed by atoms with Gasteiger partial charge in [0, 0.05) is 25.2 Å². The molecule has 0 amide bonds. The zero-order valence-corrected chi connectivity index (χ0v) is 11.7. The highest BCUT2D eigenvalue weighted by molar-refractivity contribution is 5.90. The molecule has 0 aromatic heterocycles. The van der Waals surface area contributed by atoms with Gasteiger partial charge in [-0.3, -0.25) is 4.90 Å². The third-order valence-electron chi connectivity index (χ3n) is 4.52. The van der Waals surface area contributed by atoms with Gasteiger partial charge in [0.1, 0.15) is 0 Å². The first kappa shape index (κ1) is 13.2. The second-order valence-corrected chi connectivity index (χ2v) is 5.87. The normalized spacial score (nSPS) is 26.6. The Balaban J connectivity index is 1.86. The SMILES string of the molecule is CC1CN2CCCC2CN1c1ccc(C(=O)O)cc1N. The van der Waals surface area contributed by atoms with Gasteiger partial charge in [0.2, 0.25) is 0 Å². The topological polar surface area (TPSA) is 69.8 Å². The fourth-order valence-electron chi connectivity index (χ4n) is 3.47. The molecule has 108 valence electrons. The zero-order valence-electron chi connectivity index (χ0n) is 11.7. The Labute approximate surface area is 119 Å². The fourth-order valence-corrected chi connectivity index (χ4v) is 3.47. The van der Waals surface area contributed by atoms with Crippen LogP contribution in [-0.2, 0) is 0 Å². The predicted octanol–water partition coefficient (Wildman–Crippen LogP) is 1.64. The van der Waals surface area contributed by atoms with Crippen LogP contribution in [0.25, 0.3) is 0 Å². The Morgan fingerprint density at radius 1 is 1.40 bits per heavy atom. The summed E-state index contributed by atoms with van der Waals surface area (Å²) in [6.07, 6.45) is 2.52. The average molecular weight is 275 g/mol. The van der Waals surface area contributed by atoms with Crippen molar-refractivity contribution in [3.8, 4) is 0 Å². The van der Waals surface area contributed by atoms with Crippen LogP contribution >= 0.6 is 0 Å². The van der Waals surface area contributed by atoms with Crippen LogP contribution in [0, 0.1) is 0 Å². The van der Waals surface area contributed by atoms with E-state index in [1.807, 2.05) is 6.07 Å². The number of carboxylic acid groups (broad SMARTS) is 1. The first-order valence-corrected chi connectivity index (χ1v) is 7.20. The molecule has 0 spiro atoms. The van der Waals surface area contributed by atoms with E-state index >= 15 is 0 Å². The van der Waals surface area contributed by atoms with E-state index in [2.05, 4.69) is 16.7 Å². The summed E-state index contributed by atoms with van der Waals surface area (Å²) in [5.74, 6) is -0.933. The Hall–Kier alpha value is -1.75. The number of rotatable bonds is 2. The smallest absolute Gasteiger partial charge is 0.335 e. The van der Waals surface area contributed by atoms with Crippen molar-refractivity contribution >= 4 is 17.3 Å². The van der Waals surface area contributed by atoms with Crippen LogP contribution in [0.3, 0.4) is 0 Å². The molecule has 0 bridgehead atoms. The molecule has 5 heteroatoms. The summed E-state index contributed by atoms with van der Waals surface area (Å²) in [6, 6.07) is 6.07. The van der Waals surface area contributed by atoms with E-state index in [0.717, 1.165) is 18.8 Å². The molecular formula is C15H21N3O2. The van der Waals surface area contributed by atoms with E-state index in [1.165, 1.54) is 19.4 Å². The lowest BCUT2D eigenvalue weighted by Crippen LogP contribution is -2.55. The number of benzene rings is 1. The highest BCUT2D eigenvalue weighted by Crippen LogP contribution is 2.32. The van der Waals surface area contributed by atoms with Gasteiger partial charge in [0.25, 0.3) is 0 Å². The zero-order chi connectivity index (χ0) is 14.3. The summed E-state index contributed by atoms with van der Waals surface area (Å²) in [4.78, 5) is 15.9. The molecule has 0 saturated carbocycles. The fraction of sp³-hybridized carbons (Fsp3) is 0.533. The molecule has 1 aromatic carbocycles. The molecule has 5 nitrogen and oxygen atoms in total. The highest BCUT2D eigenvalue weighted by Gasteiger charge is 2.34. The van der Waals surface area contributed by atoms with Gasteiger partial charge in [0.05, 0.1) is 16.9 Å². The van der Waals surface area contributed by atoms with Crippen molar-refractivity contribution in [3.63, 3.8) is 0 Å². The number of hydrogen-bond acceptors (Lipinski definition) is 4. The minimum Gasteiger partial charge on any atom is -0.478 e. The van der Waals surface area contributed by atoms with E-state index < -0.39 is 5.97 Å². The van der Waals surface area contributed by atoms with Gasteiger partial charge in [-0.2, -0.15) is 0 Å². The quantitative estimate of drug-likeness (QED) is 0.803. The van der Waals surface area contributed by atoms with Gasteiger partial charge < -0.3 is 15.7 Å². The minimum atomic E-state index is -0.933. The number of fused-ring (bicyclic) bond motifs is 1. The lowest BCUT2D eigenvalue weighted by Gasteiger charge is -2.44. The van der Waals surface area contributed by atoms with Crippen molar-refractivity contribution in [2.24, 2.45) is 0 Å². The first-order valence-electron chi connectivity index (χ1n) is 7.20. The molecule has 3 N–H and O–H groups in total. The summed E-state index contributed by atoms with van der Waals surface area (Å²) < 4.78 is 0. The summed E-state index contributed by atoms with van der Waals surface area (Å²) in [6.45, 7) is 5.46. The first-order chi connectivity index (χ1) is 9.56. The summed E-state index contributed by atoms with van der Waals surface area (Å²) in [7, 11) is 0. The number of aromatic carboxylic acids is 1. The van der Waals surface area contributed by atoms with E-state index in [0.29, 0.717) is 17.8 Å². The lowest BCUT2D eigenvalue weighted by atomic mass is 10.1. The second kappa shape index (κ2) is 4.98. The molecule has 3 rings (SSSR count). The van der Waals surface area contributed by atoms with Crippen LogP contribution in [0.2, 0.25) is 0 Å². The summed E-state index contributed by atoms with van der Waals surface area (Å²) >= 11 is 0. The standard InChI is InChI=1S/C15H21N3O2/c1-10-8-17-6-2-3-12(17)9-18(10)14-5-4-11(15(19)20)7-13(14)16/h4-5,7,10,12H,2-3,6,8-9,16H2,1H3,(H,19,20). The van der Waals surface area contributed by atoms with Crippen molar-refractivity contribution < 1.29 is 9.90 Å². The largest absolute Gasteiger partial charge is 0.478 e. The predicted molar refractivity (Wildman–Crippen MR) is 79.2 cm³/mol. The Kier molecular flexibility index (Phi) is 3.30. The molecular weight excluding hydrogens is 254 g/mol. The average Bonchev–Trinajstić information content (AvgIpc) is 2.84. The van der Waals surface area contributed by atoms with Gasteiger partial charge in [-0.15, -0.1) is 0 Å². The lowest BCUT2D eigenvalue weighted by molar-refractivity contribution is 0.0697. The molecule has 2 aliphatic heterocycles. The highest BCUT2D eigenvalue weighted by atomic mass is 16.4. The number of hydrogen-bond donors (Lipinski definition) is 2. The van der Waals surface area contributed by atoms with E-state index in [9.17, 15) is 4.79 Å². The van der Waals surface area contributed by atoms with Crippen LogP contribution in [-0.4, -0.2) is 47.7 Å². The van der Waals surface area contributed by atoms with Crippen LogP contribution in [0.4, 0.5) is 11.4 Å². The monoisotopic (exact) mass is 275 g/mol. The number of carboxylic acids is 1. The van der Waals surface area contributed by atoms with Gasteiger partial charge in [-0.05, 0) is 44.5 Å². The molecule has 0 radical (unpaired) electrons. The molecule has 0 aliphatic carbocycles. The molecule has 20 heavy (non-hydrogen) atoms. The third-order valence-corrected chi connectivity index (χ3v) is 4.52. The Morgan fingerprint density at radius 2 is 2.20 bits per heavy atom. The number of carbonyl (C=O) groups is 1. The molecule has 2 atom stereocenters. The van der Waals surface area contributed by atoms with E-state index in [-0.39, 0.29) is 5.56 Å². The third kappa shape index (κ3) is 2.22.